The molecule has 4 nitrogen and oxygen atoms in total. The number of ketones is 1. The molecule has 0 aliphatic heterocycles. The van der Waals surface area contributed by atoms with Crippen LogP contribution >= 0.6 is 12.0 Å². The zero-order valence-corrected chi connectivity index (χ0v) is 11.1. The standard InChI is InChI=1S/C12H16F2O4S/c13-12(14,19-18-17-16)6-11-3-7-1-8(4-11)10(15)9(2-7)5-11/h7-9,16H,1-6H2. The van der Waals surface area contributed by atoms with Gasteiger partial charge in [-0.3, -0.25) is 4.79 Å². The van der Waals surface area contributed by atoms with Gasteiger partial charge in [-0.05, 0) is 43.4 Å². The van der Waals surface area contributed by atoms with E-state index in [4.69, 9.17) is 5.26 Å². The summed E-state index contributed by atoms with van der Waals surface area (Å²) in [6.07, 6.45) is 3.39. The van der Waals surface area contributed by atoms with Gasteiger partial charge in [-0.1, -0.05) is 5.04 Å². The fourth-order valence-corrected chi connectivity index (χ4v) is 5.15. The van der Waals surface area contributed by atoms with Crippen LogP contribution in [0, 0.1) is 23.2 Å². The smallest absolute Gasteiger partial charge is 0.299 e. The highest BCUT2D eigenvalue weighted by atomic mass is 32.2. The summed E-state index contributed by atoms with van der Waals surface area (Å²) in [5, 5.41) is 8.10. The summed E-state index contributed by atoms with van der Waals surface area (Å²) >= 11 is -0.162. The van der Waals surface area contributed by atoms with Crippen LogP contribution in [0.25, 0.3) is 0 Å². The summed E-state index contributed by atoms with van der Waals surface area (Å²) in [6, 6.07) is 0. The molecule has 0 spiro atoms. The fraction of sp³-hybridized carbons (Fsp3) is 0.917. The molecule has 4 aliphatic carbocycles. The average Bonchev–Trinajstić information content (AvgIpc) is 2.31. The first kappa shape index (κ1) is 13.7. The lowest BCUT2D eigenvalue weighted by Crippen LogP contribution is -2.52. The molecule has 0 aromatic heterocycles. The van der Waals surface area contributed by atoms with Crippen molar-refractivity contribution in [3.8, 4) is 0 Å². The number of rotatable bonds is 5. The van der Waals surface area contributed by atoms with Crippen LogP contribution < -0.4 is 0 Å². The first-order valence-corrected chi connectivity index (χ1v) is 7.25. The molecule has 108 valence electrons. The van der Waals surface area contributed by atoms with Crippen molar-refractivity contribution in [3.63, 3.8) is 0 Å². The summed E-state index contributed by atoms with van der Waals surface area (Å²) in [5.74, 6) is 0.688. The van der Waals surface area contributed by atoms with Crippen molar-refractivity contribution in [3.05, 3.63) is 0 Å². The Morgan fingerprint density at radius 2 is 1.95 bits per heavy atom. The number of carbonyl (C=O) groups is 1. The molecular weight excluding hydrogens is 278 g/mol. The Balaban J connectivity index is 1.72. The predicted octanol–water partition coefficient (Wildman–Crippen LogP) is 3.43. The van der Waals surface area contributed by atoms with E-state index >= 15 is 0 Å². The summed E-state index contributed by atoms with van der Waals surface area (Å²) in [5.41, 5.74) is -0.445. The zero-order chi connectivity index (χ0) is 13.7. The van der Waals surface area contributed by atoms with Gasteiger partial charge in [-0.25, -0.2) is 5.26 Å². The second-order valence-corrected chi connectivity index (χ2v) is 7.19. The Bertz CT molecular complexity index is 372. The van der Waals surface area contributed by atoms with Gasteiger partial charge in [0.25, 0.3) is 0 Å². The molecule has 4 fully saturated rings. The second kappa shape index (κ2) is 4.65. The third-order valence-electron chi connectivity index (χ3n) is 4.89. The lowest BCUT2D eigenvalue weighted by atomic mass is 9.48. The number of alkyl halides is 2. The van der Waals surface area contributed by atoms with Crippen LogP contribution in [0.5, 0.6) is 0 Å². The Hall–Kier alpha value is -0.240. The molecule has 0 saturated heterocycles. The molecule has 4 rings (SSSR count). The Labute approximate surface area is 113 Å². The first-order valence-electron chi connectivity index (χ1n) is 6.50. The first-order chi connectivity index (χ1) is 8.93. The quantitative estimate of drug-likeness (QED) is 0.478. The maximum absolute atomic E-state index is 13.8. The Morgan fingerprint density at radius 1 is 1.32 bits per heavy atom. The minimum Gasteiger partial charge on any atom is -0.299 e. The number of hydrogen-bond donors (Lipinski definition) is 1. The van der Waals surface area contributed by atoms with E-state index in [2.05, 4.69) is 9.37 Å². The van der Waals surface area contributed by atoms with Crippen LogP contribution in [-0.2, 0) is 14.2 Å². The Kier molecular flexibility index (Phi) is 3.36. The van der Waals surface area contributed by atoms with Crippen molar-refractivity contribution in [2.75, 3.05) is 0 Å². The normalized spacial score (nSPS) is 41.0. The Morgan fingerprint density at radius 3 is 2.53 bits per heavy atom. The maximum atomic E-state index is 13.8. The minimum atomic E-state index is -3.11. The molecule has 0 heterocycles. The van der Waals surface area contributed by atoms with Crippen molar-refractivity contribution in [1.82, 2.24) is 0 Å². The molecule has 0 aromatic rings. The van der Waals surface area contributed by atoms with Crippen LogP contribution in [0.1, 0.15) is 38.5 Å². The van der Waals surface area contributed by atoms with Crippen LogP contribution in [0.15, 0.2) is 0 Å². The number of halogens is 2. The van der Waals surface area contributed by atoms with Crippen LogP contribution in [0.4, 0.5) is 8.78 Å². The van der Waals surface area contributed by atoms with Gasteiger partial charge in [0.1, 0.15) is 17.8 Å². The highest BCUT2D eigenvalue weighted by Crippen LogP contribution is 2.62. The van der Waals surface area contributed by atoms with E-state index in [1.807, 2.05) is 0 Å². The van der Waals surface area contributed by atoms with E-state index in [1.54, 1.807) is 0 Å². The van der Waals surface area contributed by atoms with Gasteiger partial charge >= 0.3 is 5.25 Å². The third kappa shape index (κ3) is 2.53. The van der Waals surface area contributed by atoms with Crippen molar-refractivity contribution in [1.29, 1.82) is 0 Å². The summed E-state index contributed by atoms with van der Waals surface area (Å²) in [6.45, 7) is 0. The van der Waals surface area contributed by atoms with E-state index in [9.17, 15) is 13.6 Å². The molecule has 4 bridgehead atoms. The molecule has 4 aliphatic rings. The predicted molar refractivity (Wildman–Crippen MR) is 62.9 cm³/mol. The van der Waals surface area contributed by atoms with Gasteiger partial charge in [-0.15, -0.1) is 4.33 Å². The van der Waals surface area contributed by atoms with Gasteiger partial charge in [0.15, 0.2) is 0 Å². The highest BCUT2D eigenvalue weighted by molar-refractivity contribution is 7.95. The maximum Gasteiger partial charge on any atom is 0.321 e. The van der Waals surface area contributed by atoms with Gasteiger partial charge in [0.05, 0.1) is 0 Å². The molecular formula is C12H16F2O4S. The van der Waals surface area contributed by atoms with Crippen molar-refractivity contribution >= 4 is 17.8 Å². The van der Waals surface area contributed by atoms with Crippen molar-refractivity contribution in [2.24, 2.45) is 23.2 Å². The molecule has 0 radical (unpaired) electrons. The van der Waals surface area contributed by atoms with Crippen molar-refractivity contribution in [2.45, 2.75) is 43.8 Å². The summed E-state index contributed by atoms with van der Waals surface area (Å²) in [4.78, 5) is 12.0. The van der Waals surface area contributed by atoms with E-state index in [0.29, 0.717) is 18.8 Å². The molecule has 7 heteroatoms. The molecule has 2 atom stereocenters. The van der Waals surface area contributed by atoms with E-state index in [0.717, 1.165) is 19.3 Å². The van der Waals surface area contributed by atoms with Gasteiger partial charge in [-0.2, -0.15) is 8.78 Å². The van der Waals surface area contributed by atoms with Crippen molar-refractivity contribution < 1.29 is 28.2 Å². The van der Waals surface area contributed by atoms with Crippen LogP contribution in [0.3, 0.4) is 0 Å². The molecule has 0 aromatic carbocycles. The van der Waals surface area contributed by atoms with Crippen LogP contribution in [0.2, 0.25) is 0 Å². The molecule has 19 heavy (non-hydrogen) atoms. The highest BCUT2D eigenvalue weighted by Gasteiger charge is 2.58. The lowest BCUT2D eigenvalue weighted by molar-refractivity contribution is -0.433. The monoisotopic (exact) mass is 294 g/mol. The average molecular weight is 294 g/mol. The topological polar surface area (TPSA) is 55.8 Å². The second-order valence-electron chi connectivity index (χ2n) is 6.29. The molecule has 4 saturated carbocycles. The third-order valence-corrected chi connectivity index (χ3v) is 5.41. The van der Waals surface area contributed by atoms with E-state index < -0.39 is 10.7 Å². The summed E-state index contributed by atoms with van der Waals surface area (Å²) < 4.78 is 31.4. The number of carbonyl (C=O) groups excluding carboxylic acids is 1. The van der Waals surface area contributed by atoms with Gasteiger partial charge < -0.3 is 0 Å². The van der Waals surface area contributed by atoms with E-state index in [-0.39, 0.29) is 36.1 Å². The zero-order valence-electron chi connectivity index (χ0n) is 10.3. The van der Waals surface area contributed by atoms with Gasteiger partial charge in [0, 0.05) is 18.3 Å². The molecule has 0 amide bonds. The lowest BCUT2D eigenvalue weighted by Gasteiger charge is -2.56. The fourth-order valence-electron chi connectivity index (χ4n) is 4.66. The number of hydrogen-bond acceptors (Lipinski definition) is 5. The molecule has 2 unspecified atom stereocenters. The van der Waals surface area contributed by atoms with Crippen LogP contribution in [-0.4, -0.2) is 16.3 Å². The van der Waals surface area contributed by atoms with E-state index in [1.165, 1.54) is 0 Å². The molecule has 1 N–H and O–H groups in total. The summed E-state index contributed by atoms with van der Waals surface area (Å²) in [7, 11) is 0. The SMILES string of the molecule is O=C1C2CC3CC1CC(CC(F)(F)SOOO)(C3)C2. The largest absolute Gasteiger partial charge is 0.321 e. The number of Topliss-reactive ketones (excluding diaryl/α,β-unsaturated/α-hetero) is 1. The van der Waals surface area contributed by atoms with Gasteiger partial charge in [0.2, 0.25) is 0 Å². The minimum absolute atomic E-state index is 0.0120.